The Morgan fingerprint density at radius 1 is 1.12 bits per heavy atom. The minimum Gasteiger partial charge on any atom is -0.490 e. The van der Waals surface area contributed by atoms with Crippen molar-refractivity contribution in [2.45, 2.75) is 24.8 Å². The van der Waals surface area contributed by atoms with Crippen molar-refractivity contribution in [2.24, 2.45) is 0 Å². The van der Waals surface area contributed by atoms with Gasteiger partial charge in [-0.1, -0.05) is 54.7 Å². The molecule has 0 radical (unpaired) electrons. The molecule has 1 N–H and O–H groups in total. The van der Waals surface area contributed by atoms with Gasteiger partial charge in [0.05, 0.1) is 12.4 Å². The fraction of sp³-hybridized carbons (Fsp3) is 0.217. The van der Waals surface area contributed by atoms with Crippen LogP contribution in [0.15, 0.2) is 58.4 Å². The minimum atomic E-state index is -3.54. The quantitative estimate of drug-likeness (QED) is 0.253. The number of nitriles is 1. The van der Waals surface area contributed by atoms with E-state index in [-0.39, 0.29) is 20.8 Å². The van der Waals surface area contributed by atoms with E-state index in [9.17, 15) is 18.5 Å². The number of benzene rings is 2. The van der Waals surface area contributed by atoms with Gasteiger partial charge in [0.2, 0.25) is 19.3 Å². The Kier molecular flexibility index (Phi) is 8.34. The molecule has 1 aromatic heterocycles. The molecule has 0 aliphatic heterocycles. The van der Waals surface area contributed by atoms with Gasteiger partial charge in [0.25, 0.3) is 5.91 Å². The molecular formula is C23H22N4O5S2. The van der Waals surface area contributed by atoms with Crippen molar-refractivity contribution in [2.75, 3.05) is 17.7 Å². The van der Waals surface area contributed by atoms with Crippen molar-refractivity contribution in [1.29, 1.82) is 5.26 Å². The van der Waals surface area contributed by atoms with Crippen molar-refractivity contribution < 1.29 is 22.7 Å². The van der Waals surface area contributed by atoms with E-state index in [0.29, 0.717) is 30.3 Å². The van der Waals surface area contributed by atoms with Crippen molar-refractivity contribution in [1.82, 2.24) is 10.2 Å². The first-order chi connectivity index (χ1) is 16.4. The van der Waals surface area contributed by atoms with Gasteiger partial charge in [-0.25, -0.2) is 8.42 Å². The van der Waals surface area contributed by atoms with Crippen molar-refractivity contribution in [3.63, 3.8) is 0 Å². The van der Waals surface area contributed by atoms with Gasteiger partial charge >= 0.3 is 0 Å². The summed E-state index contributed by atoms with van der Waals surface area (Å²) in [5.41, 5.74) is 1.35. The zero-order chi connectivity index (χ0) is 24.6. The Bertz CT molecular complexity index is 1330. The highest BCUT2D eigenvalue weighted by molar-refractivity contribution is 7.93. The molecule has 0 bridgehead atoms. The van der Waals surface area contributed by atoms with E-state index in [1.807, 2.05) is 43.3 Å². The monoisotopic (exact) mass is 498 g/mol. The van der Waals surface area contributed by atoms with Gasteiger partial charge in [0.1, 0.15) is 18.2 Å². The number of carbonyl (C=O) groups is 1. The van der Waals surface area contributed by atoms with Crippen molar-refractivity contribution in [3.05, 3.63) is 65.2 Å². The molecule has 3 rings (SSSR count). The zero-order valence-corrected chi connectivity index (χ0v) is 20.1. The molecule has 176 valence electrons. The fourth-order valence-electron chi connectivity index (χ4n) is 2.73. The third-order valence-electron chi connectivity index (χ3n) is 4.45. The number of hydrogen-bond acceptors (Lipinski definition) is 9. The van der Waals surface area contributed by atoms with Crippen LogP contribution in [0.3, 0.4) is 0 Å². The zero-order valence-electron chi connectivity index (χ0n) is 18.5. The number of ether oxygens (including phenoxy) is 2. The first-order valence-electron chi connectivity index (χ1n) is 10.3. The van der Waals surface area contributed by atoms with Crippen LogP contribution in [0.25, 0.3) is 6.08 Å². The van der Waals surface area contributed by atoms with Crippen LogP contribution in [0.1, 0.15) is 25.0 Å². The lowest BCUT2D eigenvalue weighted by molar-refractivity contribution is -0.112. The number of carbonyl (C=O) groups excluding carboxylic acids is 1. The fourth-order valence-corrected chi connectivity index (χ4v) is 4.71. The maximum Gasteiger partial charge on any atom is 0.268 e. The summed E-state index contributed by atoms with van der Waals surface area (Å²) in [5, 5.41) is 19.1. The minimum absolute atomic E-state index is 0.0159. The van der Waals surface area contributed by atoms with Crippen molar-refractivity contribution in [3.8, 4) is 17.6 Å². The summed E-state index contributed by atoms with van der Waals surface area (Å²) < 4.78 is 35.1. The number of amides is 1. The van der Waals surface area contributed by atoms with E-state index in [0.717, 1.165) is 16.9 Å². The highest BCUT2D eigenvalue weighted by atomic mass is 32.2. The maximum atomic E-state index is 12.5. The molecule has 0 aliphatic carbocycles. The van der Waals surface area contributed by atoms with Gasteiger partial charge in [-0.15, -0.1) is 10.2 Å². The number of sulfone groups is 1. The second-order valence-corrected chi connectivity index (χ2v) is 10.2. The van der Waals surface area contributed by atoms with E-state index in [1.165, 1.54) is 13.0 Å². The normalized spacial score (nSPS) is 11.5. The van der Waals surface area contributed by atoms with Crippen LogP contribution in [0, 0.1) is 11.3 Å². The number of anilines is 1. The van der Waals surface area contributed by atoms with Crippen LogP contribution in [-0.2, 0) is 21.2 Å². The highest BCUT2D eigenvalue weighted by Crippen LogP contribution is 2.30. The van der Waals surface area contributed by atoms with E-state index >= 15 is 0 Å². The molecule has 0 atom stereocenters. The van der Waals surface area contributed by atoms with E-state index in [2.05, 4.69) is 15.5 Å². The molecule has 0 unspecified atom stereocenters. The second-order valence-electron chi connectivity index (χ2n) is 6.81. The molecule has 1 heterocycles. The van der Waals surface area contributed by atoms with Crippen LogP contribution in [0.2, 0.25) is 0 Å². The molecule has 9 nitrogen and oxygen atoms in total. The van der Waals surface area contributed by atoms with Crippen molar-refractivity contribution >= 4 is 38.3 Å². The topological polar surface area (TPSA) is 131 Å². The summed E-state index contributed by atoms with van der Waals surface area (Å²) in [7, 11) is -3.54. The van der Waals surface area contributed by atoms with Crippen LogP contribution in [0.5, 0.6) is 11.5 Å². The van der Waals surface area contributed by atoms with E-state index < -0.39 is 15.7 Å². The molecule has 2 aromatic carbocycles. The molecule has 1 amide bonds. The Labute approximate surface area is 201 Å². The number of rotatable bonds is 10. The average Bonchev–Trinajstić information content (AvgIpc) is 3.32. The second kappa shape index (κ2) is 11.4. The summed E-state index contributed by atoms with van der Waals surface area (Å²) in [6, 6.07) is 16.6. The predicted octanol–water partition coefficient (Wildman–Crippen LogP) is 3.86. The van der Waals surface area contributed by atoms with E-state index in [4.69, 9.17) is 9.47 Å². The molecule has 3 aromatic rings. The Morgan fingerprint density at radius 2 is 1.88 bits per heavy atom. The average molecular weight is 499 g/mol. The van der Waals surface area contributed by atoms with Gasteiger partial charge in [-0.3, -0.25) is 10.1 Å². The van der Waals surface area contributed by atoms with Gasteiger partial charge in [0.15, 0.2) is 11.5 Å². The largest absolute Gasteiger partial charge is 0.490 e. The molecule has 0 saturated heterocycles. The van der Waals surface area contributed by atoms with Crippen LogP contribution in [-0.4, -0.2) is 36.9 Å². The third-order valence-corrected chi connectivity index (χ3v) is 7.47. The standard InChI is InChI=1S/C23H22N4O5S2/c1-3-31-20-13-17(10-11-19(20)32-15-16-8-6-5-7-9-16)12-18(14-24)21(28)25-22-26-27-23(33-22)34(29,30)4-2/h5-13H,3-4,15H2,1-2H3,(H,25,26,28)/b18-12-. The van der Waals surface area contributed by atoms with Gasteiger partial charge in [-0.2, -0.15) is 5.26 Å². The number of hydrogen-bond donors (Lipinski definition) is 1. The van der Waals surface area contributed by atoms with Gasteiger partial charge in [0, 0.05) is 0 Å². The molecular weight excluding hydrogens is 476 g/mol. The summed E-state index contributed by atoms with van der Waals surface area (Å²) in [5.74, 6) is 0.140. The Balaban J connectivity index is 1.77. The van der Waals surface area contributed by atoms with Crippen LogP contribution >= 0.6 is 11.3 Å². The SMILES string of the molecule is CCOc1cc(/C=C(/C#N)C(=O)Nc2nnc(S(=O)(=O)CC)s2)ccc1OCc1ccccc1. The highest BCUT2D eigenvalue weighted by Gasteiger charge is 2.20. The summed E-state index contributed by atoms with van der Waals surface area (Å²) >= 11 is 0.726. The molecule has 0 fully saturated rings. The smallest absolute Gasteiger partial charge is 0.268 e. The Morgan fingerprint density at radius 3 is 2.56 bits per heavy atom. The third kappa shape index (κ3) is 6.40. The predicted molar refractivity (Wildman–Crippen MR) is 128 cm³/mol. The summed E-state index contributed by atoms with van der Waals surface area (Å²) in [6.07, 6.45) is 1.39. The molecule has 11 heteroatoms. The summed E-state index contributed by atoms with van der Waals surface area (Å²) in [4.78, 5) is 12.5. The molecule has 0 saturated carbocycles. The van der Waals surface area contributed by atoms with E-state index in [1.54, 1.807) is 18.2 Å². The first kappa shape index (κ1) is 24.9. The molecule has 34 heavy (non-hydrogen) atoms. The van der Waals surface area contributed by atoms with Crippen LogP contribution < -0.4 is 14.8 Å². The van der Waals surface area contributed by atoms with Crippen LogP contribution in [0.4, 0.5) is 5.13 Å². The lowest BCUT2D eigenvalue weighted by Crippen LogP contribution is -2.13. The lowest BCUT2D eigenvalue weighted by Gasteiger charge is -2.13. The molecule has 0 spiro atoms. The Hall–Kier alpha value is -3.75. The van der Waals surface area contributed by atoms with Gasteiger partial charge < -0.3 is 9.47 Å². The van der Waals surface area contributed by atoms with Gasteiger partial charge in [-0.05, 0) is 36.3 Å². The lowest BCUT2D eigenvalue weighted by atomic mass is 10.1. The summed E-state index contributed by atoms with van der Waals surface area (Å²) in [6.45, 7) is 4.09. The maximum absolute atomic E-state index is 12.5. The molecule has 0 aliphatic rings. The number of aromatic nitrogens is 2. The number of nitrogens with one attached hydrogen (secondary N) is 1. The first-order valence-corrected chi connectivity index (χ1v) is 12.8. The number of nitrogens with zero attached hydrogens (tertiary/aromatic N) is 3.